The molecule has 0 aliphatic carbocycles. The van der Waals surface area contributed by atoms with E-state index in [2.05, 4.69) is 58.3 Å². The molecule has 2 heterocycles. The van der Waals surface area contributed by atoms with Gasteiger partial charge in [-0.15, -0.1) is 0 Å². The number of carbonyl (C=O) groups excluding carboxylic acids is 1. The fourth-order valence-electron chi connectivity index (χ4n) is 6.11. The molecular weight excluding hydrogens is 542 g/mol. The van der Waals surface area contributed by atoms with Gasteiger partial charge in [0.05, 0.1) is 11.0 Å². The lowest BCUT2D eigenvalue weighted by Crippen LogP contribution is -2.31. The van der Waals surface area contributed by atoms with Gasteiger partial charge in [0, 0.05) is 42.1 Å². The molecule has 0 radical (unpaired) electrons. The van der Waals surface area contributed by atoms with E-state index < -0.39 is 0 Å². The van der Waals surface area contributed by atoms with E-state index >= 15 is 0 Å². The molecular formula is C38H49N5O. The van der Waals surface area contributed by atoms with Crippen LogP contribution < -0.4 is 5.32 Å². The Labute approximate surface area is 263 Å². The van der Waals surface area contributed by atoms with Crippen molar-refractivity contribution in [2.75, 3.05) is 38.0 Å². The molecule has 0 atom stereocenters. The number of nitrogens with one attached hydrogen (secondary N) is 1. The molecule has 0 amide bonds. The number of nitrogens with zero attached hydrogens (tertiary/aromatic N) is 4. The van der Waals surface area contributed by atoms with Gasteiger partial charge in [-0.2, -0.15) is 0 Å². The fourth-order valence-corrected chi connectivity index (χ4v) is 6.11. The smallest absolute Gasteiger partial charge is 0.208 e. The number of likely N-dealkylation sites (tertiary alicyclic amines) is 1. The Balaban J connectivity index is 1.40. The number of ketones is 1. The molecule has 5 rings (SSSR count). The first kappa shape index (κ1) is 31.5. The van der Waals surface area contributed by atoms with Gasteiger partial charge >= 0.3 is 0 Å². The predicted molar refractivity (Wildman–Crippen MR) is 185 cm³/mol. The number of fused-ring (bicyclic) bond motifs is 1. The molecule has 0 saturated carbocycles. The quantitative estimate of drug-likeness (QED) is 0.132. The van der Waals surface area contributed by atoms with E-state index in [4.69, 9.17) is 4.98 Å². The van der Waals surface area contributed by atoms with Crippen LogP contribution in [-0.2, 0) is 6.54 Å². The summed E-state index contributed by atoms with van der Waals surface area (Å²) in [7, 11) is 0. The van der Waals surface area contributed by atoms with E-state index in [0.717, 1.165) is 66.5 Å². The Kier molecular flexibility index (Phi) is 11.3. The van der Waals surface area contributed by atoms with Crippen LogP contribution in [0.1, 0.15) is 86.7 Å². The third kappa shape index (κ3) is 7.97. The van der Waals surface area contributed by atoms with Crippen LogP contribution in [0.25, 0.3) is 16.7 Å². The lowest BCUT2D eigenvalue weighted by molar-refractivity contribution is 0.103. The molecule has 1 fully saturated rings. The summed E-state index contributed by atoms with van der Waals surface area (Å²) in [6, 6.07) is 23.8. The molecule has 6 nitrogen and oxygen atoms in total. The number of rotatable bonds is 16. The first-order valence-electron chi connectivity index (χ1n) is 16.7. The first-order chi connectivity index (χ1) is 21.6. The second kappa shape index (κ2) is 15.7. The molecule has 1 saturated heterocycles. The number of anilines is 2. The van der Waals surface area contributed by atoms with Gasteiger partial charge in [0.1, 0.15) is 0 Å². The highest BCUT2D eigenvalue weighted by Gasteiger charge is 2.17. The minimum atomic E-state index is 0.0294. The highest BCUT2D eigenvalue weighted by molar-refractivity contribution is 6.09. The summed E-state index contributed by atoms with van der Waals surface area (Å²) in [6.07, 6.45) is 9.72. The number of unbranched alkanes of at least 4 members (excludes halogenated alkanes) is 2. The third-order valence-electron chi connectivity index (χ3n) is 8.77. The Bertz CT molecular complexity index is 1490. The molecule has 1 aromatic heterocycles. The molecule has 4 aromatic rings. The maximum Gasteiger partial charge on any atom is 0.208 e. The van der Waals surface area contributed by atoms with Crippen LogP contribution in [-0.4, -0.2) is 57.9 Å². The summed E-state index contributed by atoms with van der Waals surface area (Å²) in [6.45, 7) is 15.5. The van der Waals surface area contributed by atoms with Crippen molar-refractivity contribution in [3.05, 3.63) is 96.1 Å². The van der Waals surface area contributed by atoms with E-state index in [9.17, 15) is 4.79 Å². The van der Waals surface area contributed by atoms with Crippen LogP contribution >= 0.6 is 0 Å². The molecule has 6 heteroatoms. The molecule has 0 spiro atoms. The van der Waals surface area contributed by atoms with Crippen LogP contribution in [0.15, 0.2) is 79.4 Å². The Morgan fingerprint density at radius 3 is 2.16 bits per heavy atom. The van der Waals surface area contributed by atoms with Crippen LogP contribution in [0.3, 0.4) is 0 Å². The van der Waals surface area contributed by atoms with Crippen LogP contribution in [0.5, 0.6) is 0 Å². The van der Waals surface area contributed by atoms with Crippen molar-refractivity contribution in [1.82, 2.24) is 19.4 Å². The van der Waals surface area contributed by atoms with Crippen molar-refractivity contribution >= 4 is 34.1 Å². The fraction of sp³-hybridized carbons (Fsp3) is 0.421. The molecule has 232 valence electrons. The topological polar surface area (TPSA) is 53.4 Å². The summed E-state index contributed by atoms with van der Waals surface area (Å²) < 4.78 is 2.33. The van der Waals surface area contributed by atoms with Gasteiger partial charge in [-0.3, -0.25) is 4.79 Å². The Morgan fingerprint density at radius 2 is 1.48 bits per heavy atom. The van der Waals surface area contributed by atoms with Crippen molar-refractivity contribution in [2.24, 2.45) is 0 Å². The number of piperidine rings is 1. The van der Waals surface area contributed by atoms with E-state index in [0.29, 0.717) is 11.1 Å². The zero-order chi connectivity index (χ0) is 30.7. The molecule has 1 aliphatic rings. The molecule has 0 bridgehead atoms. The minimum absolute atomic E-state index is 0.0294. The number of carbonyl (C=O) groups is 1. The number of imidazole rings is 1. The number of aryl methyl sites for hydroxylation is 1. The summed E-state index contributed by atoms with van der Waals surface area (Å²) in [5.41, 5.74) is 6.66. The second-order valence-electron chi connectivity index (χ2n) is 12.1. The van der Waals surface area contributed by atoms with Crippen molar-refractivity contribution < 1.29 is 4.79 Å². The van der Waals surface area contributed by atoms with Crippen molar-refractivity contribution in [2.45, 2.75) is 71.8 Å². The van der Waals surface area contributed by atoms with Crippen LogP contribution in [0.4, 0.5) is 11.6 Å². The molecule has 0 unspecified atom stereocenters. The predicted octanol–water partition coefficient (Wildman–Crippen LogP) is 8.76. The van der Waals surface area contributed by atoms with Crippen LogP contribution in [0.2, 0.25) is 0 Å². The highest BCUT2D eigenvalue weighted by Crippen LogP contribution is 2.28. The Morgan fingerprint density at radius 1 is 0.818 bits per heavy atom. The monoisotopic (exact) mass is 591 g/mol. The molecule has 1 N–H and O–H groups in total. The van der Waals surface area contributed by atoms with Gasteiger partial charge in [-0.25, -0.2) is 4.98 Å². The summed E-state index contributed by atoms with van der Waals surface area (Å²) in [5, 5.41) is 3.58. The maximum atomic E-state index is 12.9. The molecule has 1 aliphatic heterocycles. The highest BCUT2D eigenvalue weighted by atomic mass is 16.1. The minimum Gasteiger partial charge on any atom is -0.372 e. The zero-order valence-electron chi connectivity index (χ0n) is 26.7. The van der Waals surface area contributed by atoms with E-state index in [1.807, 2.05) is 54.6 Å². The van der Waals surface area contributed by atoms with Crippen molar-refractivity contribution in [3.63, 3.8) is 0 Å². The van der Waals surface area contributed by atoms with E-state index in [1.165, 1.54) is 58.0 Å². The lowest BCUT2D eigenvalue weighted by Gasteiger charge is -2.27. The number of hydrogen-bond donors (Lipinski definition) is 1. The van der Waals surface area contributed by atoms with Crippen LogP contribution in [0, 0.1) is 0 Å². The summed E-state index contributed by atoms with van der Waals surface area (Å²) >= 11 is 0. The number of benzene rings is 3. The van der Waals surface area contributed by atoms with Crippen molar-refractivity contribution in [3.8, 4) is 0 Å². The Hall–Kier alpha value is -3.90. The van der Waals surface area contributed by atoms with Gasteiger partial charge in [0.15, 0.2) is 5.78 Å². The standard InChI is InChI=1S/C38H49N5O/c1-4-6-26-42(27-7-5-2)30(3)33-19-22-35-36(29-33)43(28-14-25-41-23-12-9-13-24-41)38(40-35)39-34-20-17-32(18-21-34)37(44)31-15-10-8-11-16-31/h8,10-11,15-22,29H,3-7,9,12-14,23-28H2,1-2H3,(H,39,40). The second-order valence-corrected chi connectivity index (χ2v) is 12.1. The maximum absolute atomic E-state index is 12.9. The molecule has 3 aromatic carbocycles. The van der Waals surface area contributed by atoms with Gasteiger partial charge in [0.2, 0.25) is 5.95 Å². The summed E-state index contributed by atoms with van der Waals surface area (Å²) in [5.74, 6) is 0.860. The van der Waals surface area contributed by atoms with Gasteiger partial charge < -0.3 is 19.7 Å². The average Bonchev–Trinajstić information content (AvgIpc) is 3.41. The number of hydrogen-bond acceptors (Lipinski definition) is 5. The van der Waals surface area contributed by atoms with Crippen molar-refractivity contribution in [1.29, 1.82) is 0 Å². The van der Waals surface area contributed by atoms with Gasteiger partial charge in [0.25, 0.3) is 0 Å². The van der Waals surface area contributed by atoms with E-state index in [1.54, 1.807) is 0 Å². The summed E-state index contributed by atoms with van der Waals surface area (Å²) in [4.78, 5) is 23.0. The third-order valence-corrected chi connectivity index (χ3v) is 8.77. The first-order valence-corrected chi connectivity index (χ1v) is 16.7. The number of aromatic nitrogens is 2. The zero-order valence-corrected chi connectivity index (χ0v) is 26.7. The lowest BCUT2D eigenvalue weighted by atomic mass is 10.0. The van der Waals surface area contributed by atoms with Gasteiger partial charge in [-0.1, -0.05) is 76.1 Å². The van der Waals surface area contributed by atoms with Gasteiger partial charge in [-0.05, 0) is 93.7 Å². The molecule has 44 heavy (non-hydrogen) atoms. The normalized spacial score (nSPS) is 13.7. The van der Waals surface area contributed by atoms with E-state index in [-0.39, 0.29) is 5.78 Å². The SMILES string of the molecule is C=C(c1ccc2nc(Nc3ccc(C(=O)c4ccccc4)cc3)n(CCCN3CCCCC3)c2c1)N(CCCC)CCCC. The largest absolute Gasteiger partial charge is 0.372 e. The average molecular weight is 592 g/mol.